The van der Waals surface area contributed by atoms with E-state index in [0.29, 0.717) is 0 Å². The summed E-state index contributed by atoms with van der Waals surface area (Å²) < 4.78 is 0. The van der Waals surface area contributed by atoms with Crippen molar-refractivity contribution in [3.63, 3.8) is 0 Å². The summed E-state index contributed by atoms with van der Waals surface area (Å²) in [5, 5.41) is 0. The molecule has 0 N–H and O–H groups in total. The molecule has 1 radical (unpaired) electrons. The van der Waals surface area contributed by atoms with Gasteiger partial charge in [-0.25, -0.2) is 0 Å². The van der Waals surface area contributed by atoms with E-state index in [1.165, 1.54) is 0 Å². The maximum atomic E-state index is 0. The zero-order valence-corrected chi connectivity index (χ0v) is 5.36. The van der Waals surface area contributed by atoms with Crippen LogP contribution in [0.1, 0.15) is 0 Å². The number of hydrogen-bond acceptors (Lipinski definition) is 0. The molecule has 0 nitrogen and oxygen atoms in total. The average Bonchev–Trinajstić information content (AvgIpc) is 0. The molecule has 0 unspecified atom stereocenters. The summed E-state index contributed by atoms with van der Waals surface area (Å²) in [7, 11) is 0. The summed E-state index contributed by atoms with van der Waals surface area (Å²) in [4.78, 5) is 0. The minimum absolute atomic E-state index is 0. The standard InChI is InChI=1S/Al.Fe.H4Si.Ti.V.3H/h;;1H4;;;;;. The van der Waals surface area contributed by atoms with Crippen LogP contribution in [0, 0.1) is 0 Å². The Bertz CT molecular complexity index is 11.6. The molecule has 5 heteroatoms. The molecule has 0 spiro atoms. The van der Waals surface area contributed by atoms with E-state index in [0.717, 1.165) is 0 Å². The molecule has 0 aliphatic rings. The summed E-state index contributed by atoms with van der Waals surface area (Å²) in [6, 6.07) is 0. The van der Waals surface area contributed by atoms with Crippen LogP contribution in [0.4, 0.5) is 0 Å². The van der Waals surface area contributed by atoms with Crippen LogP contribution >= 0.6 is 0 Å². The van der Waals surface area contributed by atoms with Gasteiger partial charge in [0.1, 0.15) is 0 Å². The van der Waals surface area contributed by atoms with Crippen molar-refractivity contribution in [3.8, 4) is 0 Å². The van der Waals surface area contributed by atoms with E-state index < -0.39 is 0 Å². The Morgan fingerprint density at radius 3 is 1.00 bits per heavy atom. The van der Waals surface area contributed by atoms with Crippen molar-refractivity contribution in [1.82, 2.24) is 0 Å². The third-order valence-corrected chi connectivity index (χ3v) is 0. The van der Waals surface area contributed by atoms with Crippen LogP contribution in [0.15, 0.2) is 0 Å². The summed E-state index contributed by atoms with van der Waals surface area (Å²) in [5.74, 6) is 0. The zero-order chi connectivity index (χ0) is 0. The van der Waals surface area contributed by atoms with Gasteiger partial charge in [0.15, 0.2) is 17.4 Å². The predicted octanol–water partition coefficient (Wildman–Crippen LogP) is -2.64. The fraction of sp³-hybridized carbons (Fsp3) is 0. The van der Waals surface area contributed by atoms with Gasteiger partial charge >= 0.3 is 0 Å². The molecule has 5 heavy (non-hydrogen) atoms. The van der Waals surface area contributed by atoms with E-state index in [1.54, 1.807) is 0 Å². The third kappa shape index (κ3) is 20.8. The van der Waals surface area contributed by atoms with Crippen LogP contribution in [0.5, 0.6) is 0 Å². The normalized spacial score (nSPS) is 0. The Hall–Kier alpha value is 2.57. The molecule has 0 aromatic heterocycles. The van der Waals surface area contributed by atoms with Crippen LogP contribution < -0.4 is 0 Å². The molecule has 0 atom stereocenters. The van der Waals surface area contributed by atoms with Crippen LogP contribution in [0.2, 0.25) is 0 Å². The first-order chi connectivity index (χ1) is 0. The van der Waals surface area contributed by atoms with Crippen molar-refractivity contribution >= 4 is 28.3 Å². The average molecular weight is 217 g/mol. The molecule has 0 aliphatic heterocycles. The molecule has 0 fully saturated rings. The molecular weight excluding hydrogens is 210 g/mol. The molecule has 0 saturated carbocycles. The Morgan fingerprint density at radius 1 is 1.00 bits per heavy atom. The van der Waals surface area contributed by atoms with Gasteiger partial charge in [-0.1, -0.05) is 0 Å². The SMILES string of the molecule is [AlH3].[Fe].[SiH4].[Ti].[V]. The maximum Gasteiger partial charge on any atom is 0.187 e. The number of hydrogen-bond donors (Lipinski definition) is 0. The van der Waals surface area contributed by atoms with E-state index >= 15 is 0 Å². The van der Waals surface area contributed by atoms with Crippen LogP contribution in [-0.2, 0) is 57.3 Å². The first-order valence-corrected chi connectivity index (χ1v) is 0. The Labute approximate surface area is 84.6 Å². The molecule has 0 saturated heterocycles. The Balaban J connectivity index is 0. The Kier molecular flexibility index (Phi) is 306. The second kappa shape index (κ2) is 30.9. The fourth-order valence-corrected chi connectivity index (χ4v) is 0. The number of rotatable bonds is 0. The third-order valence-electron chi connectivity index (χ3n) is 0. The topological polar surface area (TPSA) is 0 Å². The first-order valence-electron chi connectivity index (χ1n) is 0. The van der Waals surface area contributed by atoms with Gasteiger partial charge in [-0.15, -0.1) is 0 Å². The fourth-order valence-electron chi connectivity index (χ4n) is 0. The minimum atomic E-state index is 0. The summed E-state index contributed by atoms with van der Waals surface area (Å²) in [6.07, 6.45) is 0. The predicted molar refractivity (Wildman–Crippen MR) is 21.3 cm³/mol. The van der Waals surface area contributed by atoms with Crippen LogP contribution in [0.25, 0.3) is 0 Å². The molecule has 0 rings (SSSR count). The van der Waals surface area contributed by atoms with Gasteiger partial charge in [0.25, 0.3) is 0 Å². The molecule has 0 amide bonds. The smallest absolute Gasteiger partial charge is 0.0149 e. The quantitative estimate of drug-likeness (QED) is 0.389. The summed E-state index contributed by atoms with van der Waals surface area (Å²) in [5.41, 5.74) is 0. The first kappa shape index (κ1) is 49.5. The molecule has 0 bridgehead atoms. The van der Waals surface area contributed by atoms with Gasteiger partial charge in [0.05, 0.1) is 0 Å². The van der Waals surface area contributed by atoms with Gasteiger partial charge in [-0.2, -0.15) is 0 Å². The van der Waals surface area contributed by atoms with Gasteiger partial charge in [0.2, 0.25) is 0 Å². The van der Waals surface area contributed by atoms with Crippen molar-refractivity contribution in [1.29, 1.82) is 0 Å². The van der Waals surface area contributed by atoms with Crippen LogP contribution in [0.3, 0.4) is 0 Å². The van der Waals surface area contributed by atoms with Gasteiger partial charge in [-0.3, -0.25) is 0 Å². The van der Waals surface area contributed by atoms with E-state index in [2.05, 4.69) is 0 Å². The minimum Gasteiger partial charge on any atom is -0.0149 e. The van der Waals surface area contributed by atoms with Gasteiger partial charge in [-0.05, 0) is 11.0 Å². The van der Waals surface area contributed by atoms with Crippen molar-refractivity contribution in [2.75, 3.05) is 0 Å². The van der Waals surface area contributed by atoms with Crippen molar-refractivity contribution in [2.24, 2.45) is 0 Å². The molecule has 31 valence electrons. The van der Waals surface area contributed by atoms with Crippen molar-refractivity contribution in [3.05, 3.63) is 0 Å². The maximum absolute atomic E-state index is 0. The van der Waals surface area contributed by atoms with Crippen LogP contribution in [-0.4, -0.2) is 28.3 Å². The molecule has 0 aliphatic carbocycles. The largest absolute Gasteiger partial charge is 0.187 e. The van der Waals surface area contributed by atoms with Gasteiger partial charge < -0.3 is 0 Å². The van der Waals surface area contributed by atoms with E-state index in [-0.39, 0.29) is 85.7 Å². The van der Waals surface area contributed by atoms with E-state index in [1.807, 2.05) is 0 Å². The molecule has 0 aromatic carbocycles. The Morgan fingerprint density at radius 2 is 1.00 bits per heavy atom. The monoisotopic (exact) mass is 217 g/mol. The van der Waals surface area contributed by atoms with E-state index in [4.69, 9.17) is 0 Å². The molecular formula is H7AlFeSiTiV. The second-order valence-electron chi connectivity index (χ2n) is 0. The van der Waals surface area contributed by atoms with Crippen molar-refractivity contribution < 1.29 is 57.3 Å². The molecule has 0 aromatic rings. The zero-order valence-electron chi connectivity index (χ0n) is 1.30. The summed E-state index contributed by atoms with van der Waals surface area (Å²) in [6.45, 7) is 0. The van der Waals surface area contributed by atoms with E-state index in [9.17, 15) is 0 Å². The molecule has 0 heterocycles. The second-order valence-corrected chi connectivity index (χ2v) is 0. The summed E-state index contributed by atoms with van der Waals surface area (Å²) >= 11 is 0. The van der Waals surface area contributed by atoms with Gasteiger partial charge in [0, 0.05) is 57.3 Å². The van der Waals surface area contributed by atoms with Crippen molar-refractivity contribution in [2.45, 2.75) is 0 Å².